The second kappa shape index (κ2) is 7.58. The number of fused-ring (bicyclic) bond motifs is 1. The maximum absolute atomic E-state index is 2.39. The van der Waals surface area contributed by atoms with E-state index in [1.54, 1.807) is 8.89 Å². The molecule has 0 fully saturated rings. The van der Waals surface area contributed by atoms with Gasteiger partial charge in [-0.25, -0.2) is 0 Å². The summed E-state index contributed by atoms with van der Waals surface area (Å²) < 4.78 is 1.67. The van der Waals surface area contributed by atoms with E-state index >= 15 is 0 Å². The Balaban J connectivity index is 0.000000980. The van der Waals surface area contributed by atoms with E-state index < -0.39 is 0 Å². The average molecular weight is 590 g/mol. The fraction of sp³-hybridized carbons (Fsp3) is 0.333. The molecule has 0 spiro atoms. The largest absolute Gasteiger partial charge is 1.00 e. The normalized spacial score (nSPS) is 17.3. The van der Waals surface area contributed by atoms with Crippen LogP contribution in [0.3, 0.4) is 0 Å². The molecule has 0 aromatic heterocycles. The van der Waals surface area contributed by atoms with Gasteiger partial charge in [0, 0.05) is 0 Å². The molecule has 0 nitrogen and oxygen atoms in total. The van der Waals surface area contributed by atoms with Gasteiger partial charge in [0.25, 0.3) is 0 Å². The summed E-state index contributed by atoms with van der Waals surface area (Å²) in [7, 11) is 0. The van der Waals surface area contributed by atoms with Crippen LogP contribution in [0.1, 0.15) is 36.8 Å². The Labute approximate surface area is 141 Å². The van der Waals surface area contributed by atoms with E-state index in [2.05, 4.69) is 37.3 Å². The molecule has 0 N–H and O–H groups in total. The molecule has 0 heterocycles. The summed E-state index contributed by atoms with van der Waals surface area (Å²) in [5.74, 6) is 0.757. The predicted molar refractivity (Wildman–Crippen MR) is 52.1 cm³/mol. The number of allylic oxidation sites excluding steroid dienone is 1. The molecule has 1 atom stereocenters. The third-order valence-electron chi connectivity index (χ3n) is 2.64. The third-order valence-corrected chi connectivity index (χ3v) is 4.41. The maximum Gasteiger partial charge on any atom is -1.00 e. The second-order valence-electron chi connectivity index (χ2n) is 3.57. The van der Waals surface area contributed by atoms with Crippen molar-refractivity contribution in [3.8, 4) is 0 Å². The first kappa shape index (κ1) is 16.3. The molecule has 79 valence electrons. The zero-order valence-electron chi connectivity index (χ0n) is 8.63. The Kier molecular flexibility index (Phi) is 8.24. The number of hydrogen-bond donors (Lipinski definition) is 0. The van der Waals surface area contributed by atoms with Gasteiger partial charge in [0.1, 0.15) is 0 Å². The molecule has 1 unspecified atom stereocenters. The van der Waals surface area contributed by atoms with Crippen LogP contribution in [0.2, 0.25) is 0 Å². The van der Waals surface area contributed by atoms with Crippen LogP contribution in [0.25, 0.3) is 6.08 Å². The summed E-state index contributed by atoms with van der Waals surface area (Å²) in [5, 5.41) is 0. The number of benzene rings is 1. The van der Waals surface area contributed by atoms with Crippen LogP contribution < -0.4 is 48.0 Å². The van der Waals surface area contributed by atoms with Gasteiger partial charge in [-0.1, -0.05) is 0 Å². The van der Waals surface area contributed by atoms with Gasteiger partial charge in [-0.2, -0.15) is 0 Å². The minimum absolute atomic E-state index is 0. The smallest absolute Gasteiger partial charge is 1.00 e. The summed E-state index contributed by atoms with van der Waals surface area (Å²) >= 11 is 1.22. The Bertz CT molecular complexity index is 347. The molecule has 0 aliphatic heterocycles. The number of halogens is 2. The molecule has 0 bridgehead atoms. The topological polar surface area (TPSA) is 0 Å². The zero-order valence-corrected chi connectivity index (χ0v) is 16.5. The van der Waals surface area contributed by atoms with Gasteiger partial charge >= 0.3 is 94.9 Å². The Morgan fingerprint density at radius 1 is 1.20 bits per heavy atom. The van der Waals surface area contributed by atoms with Crippen LogP contribution in [0.15, 0.2) is 27.6 Å². The van der Waals surface area contributed by atoms with Crippen molar-refractivity contribution in [2.45, 2.75) is 25.7 Å². The molecule has 2 rings (SSSR count). The SMILES string of the molecule is CCCC1[C]([Hf+2])=Cc2ccccc21.[I-].[I-]. The van der Waals surface area contributed by atoms with Crippen molar-refractivity contribution in [1.82, 2.24) is 0 Å². The molecule has 1 aromatic rings. The zero-order chi connectivity index (χ0) is 9.26. The van der Waals surface area contributed by atoms with Gasteiger partial charge in [0.15, 0.2) is 0 Å². The molecular weight excluding hydrogens is 576 g/mol. The summed E-state index contributed by atoms with van der Waals surface area (Å²) in [5.41, 5.74) is 3.03. The monoisotopic (exact) mass is 591 g/mol. The fourth-order valence-electron chi connectivity index (χ4n) is 2.00. The van der Waals surface area contributed by atoms with Crippen LogP contribution in [0.5, 0.6) is 0 Å². The van der Waals surface area contributed by atoms with Gasteiger partial charge in [0.2, 0.25) is 0 Å². The van der Waals surface area contributed by atoms with Crippen LogP contribution in [-0.4, -0.2) is 0 Å². The average Bonchev–Trinajstić information content (AvgIpc) is 2.44. The van der Waals surface area contributed by atoms with Gasteiger partial charge < -0.3 is 48.0 Å². The van der Waals surface area contributed by atoms with E-state index in [9.17, 15) is 0 Å². The van der Waals surface area contributed by atoms with Crippen molar-refractivity contribution in [3.05, 3.63) is 38.7 Å². The quantitative estimate of drug-likeness (QED) is 0.264. The molecular formula is C12H13HfI2. The third kappa shape index (κ3) is 3.63. The summed E-state index contributed by atoms with van der Waals surface area (Å²) in [6.07, 6.45) is 5.01. The first-order valence-electron chi connectivity index (χ1n) is 4.85. The molecule has 0 amide bonds. The Morgan fingerprint density at radius 2 is 1.87 bits per heavy atom. The van der Waals surface area contributed by atoms with Crippen LogP contribution >= 0.6 is 0 Å². The molecule has 1 aromatic carbocycles. The van der Waals surface area contributed by atoms with E-state index in [1.165, 1.54) is 42.8 Å². The molecule has 1 aliphatic rings. The fourth-order valence-corrected chi connectivity index (χ4v) is 3.63. The van der Waals surface area contributed by atoms with Crippen molar-refractivity contribution >= 4 is 6.08 Å². The first-order chi connectivity index (χ1) is 6.33. The predicted octanol–water partition coefficient (Wildman–Crippen LogP) is -2.52. The second-order valence-corrected chi connectivity index (χ2v) is 5.64. The van der Waals surface area contributed by atoms with E-state index in [0.717, 1.165) is 5.92 Å². The van der Waals surface area contributed by atoms with Gasteiger partial charge in [-0.05, 0) is 0 Å². The van der Waals surface area contributed by atoms with Gasteiger partial charge in [0.05, 0.1) is 0 Å². The Hall–Kier alpha value is 1.29. The molecule has 0 radical (unpaired) electrons. The van der Waals surface area contributed by atoms with Gasteiger partial charge in [-0.3, -0.25) is 0 Å². The molecule has 0 saturated heterocycles. The van der Waals surface area contributed by atoms with Crippen molar-refractivity contribution in [2.24, 2.45) is 0 Å². The van der Waals surface area contributed by atoms with Crippen molar-refractivity contribution in [3.63, 3.8) is 0 Å². The van der Waals surface area contributed by atoms with Crippen LogP contribution in [0.4, 0.5) is 0 Å². The summed E-state index contributed by atoms with van der Waals surface area (Å²) in [4.78, 5) is 0. The molecule has 0 saturated carbocycles. The number of hydrogen-bond acceptors (Lipinski definition) is 0. The van der Waals surface area contributed by atoms with Gasteiger partial charge in [-0.15, -0.1) is 0 Å². The minimum atomic E-state index is 0. The van der Waals surface area contributed by atoms with E-state index in [0.29, 0.717) is 0 Å². The van der Waals surface area contributed by atoms with E-state index in [4.69, 9.17) is 0 Å². The molecule has 15 heavy (non-hydrogen) atoms. The summed E-state index contributed by atoms with van der Waals surface area (Å²) in [6, 6.07) is 8.83. The van der Waals surface area contributed by atoms with Crippen molar-refractivity contribution in [1.29, 1.82) is 0 Å². The minimum Gasteiger partial charge on any atom is -1.00 e. The van der Waals surface area contributed by atoms with Crippen LogP contribution in [-0.2, 0) is 24.4 Å². The standard InChI is InChI=1S/C12H13.Hf.2HI/c1-2-5-10-8-9-11-6-3-4-7-12(10)11;;;/h3-4,6-7,9-10H,2,5H2,1H3;;2*1H/q;+2;;/p-2. The van der Waals surface area contributed by atoms with Crippen molar-refractivity contribution in [2.75, 3.05) is 0 Å². The summed E-state index contributed by atoms with van der Waals surface area (Å²) in [6.45, 7) is 2.27. The van der Waals surface area contributed by atoms with E-state index in [1.807, 2.05) is 0 Å². The van der Waals surface area contributed by atoms with Crippen LogP contribution in [0, 0.1) is 0 Å². The molecule has 1 aliphatic carbocycles. The van der Waals surface area contributed by atoms with Crippen molar-refractivity contribution < 1.29 is 72.3 Å². The maximum atomic E-state index is 2.39. The number of rotatable bonds is 2. The van der Waals surface area contributed by atoms with E-state index in [-0.39, 0.29) is 48.0 Å². The Morgan fingerprint density at radius 3 is 2.53 bits per heavy atom. The molecule has 3 heteroatoms. The first-order valence-corrected chi connectivity index (χ1v) is 6.64.